The lowest BCUT2D eigenvalue weighted by Gasteiger charge is -2.26. The van der Waals surface area contributed by atoms with Gasteiger partial charge in [-0.15, -0.1) is 10.2 Å². The van der Waals surface area contributed by atoms with Gasteiger partial charge in [-0.05, 0) is 37.6 Å². The minimum absolute atomic E-state index is 0.0800. The third-order valence-electron chi connectivity index (χ3n) is 6.50. The largest absolute Gasteiger partial charge is 0.370 e. The summed E-state index contributed by atoms with van der Waals surface area (Å²) in [7, 11) is -6.27. The molecule has 1 aromatic carbocycles. The van der Waals surface area contributed by atoms with Gasteiger partial charge in [0.2, 0.25) is 21.8 Å². The predicted molar refractivity (Wildman–Crippen MR) is 151 cm³/mol. The van der Waals surface area contributed by atoms with Gasteiger partial charge in [0.1, 0.15) is 5.71 Å². The maximum Gasteiger partial charge on any atom is 0.248 e. The number of fused-ring (bicyclic) bond motifs is 1. The molecule has 0 spiro atoms. The van der Waals surface area contributed by atoms with Crippen LogP contribution in [0, 0.1) is 12.3 Å². The number of anilines is 2. The molecule has 4 rings (SSSR count). The van der Waals surface area contributed by atoms with E-state index in [1.54, 1.807) is 4.68 Å². The average Bonchev–Trinajstić information content (AvgIpc) is 3.38. The van der Waals surface area contributed by atoms with Crippen LogP contribution in [0.1, 0.15) is 39.1 Å². The van der Waals surface area contributed by atoms with E-state index in [-0.39, 0.29) is 16.9 Å². The van der Waals surface area contributed by atoms with Gasteiger partial charge in [0, 0.05) is 43.8 Å². The molecular formula is C24H36N8O4S2. The van der Waals surface area contributed by atoms with E-state index in [2.05, 4.69) is 40.6 Å². The number of aliphatic imine (C=N–C) groups is 1. The summed E-state index contributed by atoms with van der Waals surface area (Å²) in [4.78, 5) is 8.99. The lowest BCUT2D eigenvalue weighted by atomic mass is 9.87. The number of sulfonamides is 1. The highest BCUT2D eigenvalue weighted by atomic mass is 32.2. The van der Waals surface area contributed by atoms with Gasteiger partial charge < -0.3 is 9.80 Å². The van der Waals surface area contributed by atoms with Gasteiger partial charge in [0.05, 0.1) is 29.2 Å². The molecule has 1 aromatic heterocycles. The van der Waals surface area contributed by atoms with Gasteiger partial charge in [-0.3, -0.25) is 0 Å². The zero-order valence-corrected chi connectivity index (χ0v) is 24.4. The number of hydrogen-bond donors (Lipinski definition) is 1. The van der Waals surface area contributed by atoms with Crippen molar-refractivity contribution in [2.45, 2.75) is 34.6 Å². The maximum atomic E-state index is 11.9. The predicted octanol–water partition coefficient (Wildman–Crippen LogP) is 1.58. The van der Waals surface area contributed by atoms with E-state index >= 15 is 0 Å². The SMILES string of the molecule is CCN(CCNS(C)(=O)=O)c1ccc(N=C2C(C(C)(C)C)=Nn3c2nnc3N2CCS(=O)(=O)CC2)c(C)c1. The number of sulfone groups is 1. The zero-order chi connectivity index (χ0) is 27.9. The number of benzene rings is 1. The molecule has 14 heteroatoms. The van der Waals surface area contributed by atoms with Crippen molar-refractivity contribution in [2.75, 3.05) is 60.3 Å². The van der Waals surface area contributed by atoms with E-state index < -0.39 is 19.9 Å². The summed E-state index contributed by atoms with van der Waals surface area (Å²) in [6.45, 7) is 12.5. The minimum atomic E-state index is -3.24. The molecule has 1 N–H and O–H groups in total. The molecule has 208 valence electrons. The van der Waals surface area contributed by atoms with Crippen LogP contribution in [0.2, 0.25) is 0 Å². The van der Waals surface area contributed by atoms with Crippen molar-refractivity contribution in [1.82, 2.24) is 19.6 Å². The Morgan fingerprint density at radius 2 is 1.84 bits per heavy atom. The lowest BCUT2D eigenvalue weighted by Crippen LogP contribution is -2.41. The van der Waals surface area contributed by atoms with Crippen molar-refractivity contribution in [3.8, 4) is 0 Å². The van der Waals surface area contributed by atoms with Crippen LogP contribution < -0.4 is 14.5 Å². The number of aryl methyl sites for hydroxylation is 1. The van der Waals surface area contributed by atoms with Crippen molar-refractivity contribution in [3.63, 3.8) is 0 Å². The van der Waals surface area contributed by atoms with Crippen molar-refractivity contribution >= 4 is 48.6 Å². The van der Waals surface area contributed by atoms with E-state index in [9.17, 15) is 16.8 Å². The Labute approximate surface area is 224 Å². The quantitative estimate of drug-likeness (QED) is 0.509. The van der Waals surface area contributed by atoms with Gasteiger partial charge in [-0.1, -0.05) is 20.8 Å². The van der Waals surface area contributed by atoms with Gasteiger partial charge >= 0.3 is 0 Å². The fourth-order valence-electron chi connectivity index (χ4n) is 4.40. The molecule has 0 bridgehead atoms. The van der Waals surface area contributed by atoms with E-state index in [1.807, 2.05) is 36.9 Å². The smallest absolute Gasteiger partial charge is 0.248 e. The zero-order valence-electron chi connectivity index (χ0n) is 22.8. The number of likely N-dealkylation sites (N-methyl/N-ethyl adjacent to an activating group) is 1. The molecule has 0 amide bonds. The first-order valence-corrected chi connectivity index (χ1v) is 16.3. The van der Waals surface area contributed by atoms with Gasteiger partial charge in [0.25, 0.3) is 0 Å². The van der Waals surface area contributed by atoms with Gasteiger partial charge in [-0.25, -0.2) is 26.6 Å². The van der Waals surface area contributed by atoms with Crippen LogP contribution in [0.4, 0.5) is 17.3 Å². The van der Waals surface area contributed by atoms with Crippen LogP contribution in [-0.4, -0.2) is 93.6 Å². The second kappa shape index (κ2) is 10.4. The summed E-state index contributed by atoms with van der Waals surface area (Å²) in [5.74, 6) is 1.21. The van der Waals surface area contributed by atoms with Gasteiger partial charge in [-0.2, -0.15) is 9.78 Å². The summed E-state index contributed by atoms with van der Waals surface area (Å²) >= 11 is 0. The average molecular weight is 565 g/mol. The topological polar surface area (TPSA) is 142 Å². The third-order valence-corrected chi connectivity index (χ3v) is 8.84. The Morgan fingerprint density at radius 1 is 1.16 bits per heavy atom. The number of hydrogen-bond acceptors (Lipinski definition) is 10. The fraction of sp³-hybridized carbons (Fsp3) is 0.583. The molecule has 2 aromatic rings. The van der Waals surface area contributed by atoms with Crippen molar-refractivity contribution < 1.29 is 16.8 Å². The summed E-state index contributed by atoms with van der Waals surface area (Å²) in [5.41, 5.74) is 3.80. The molecule has 38 heavy (non-hydrogen) atoms. The summed E-state index contributed by atoms with van der Waals surface area (Å²) in [6, 6.07) is 5.96. The molecule has 12 nitrogen and oxygen atoms in total. The Kier molecular flexibility index (Phi) is 7.70. The highest BCUT2D eigenvalue weighted by Crippen LogP contribution is 2.31. The molecule has 1 saturated heterocycles. The molecule has 3 heterocycles. The Balaban J connectivity index is 1.64. The molecule has 2 aliphatic heterocycles. The normalized spacial score (nSPS) is 18.5. The molecular weight excluding hydrogens is 528 g/mol. The Bertz CT molecular complexity index is 1470. The first kappa shape index (κ1) is 28.2. The fourth-order valence-corrected chi connectivity index (χ4v) is 6.06. The standard InChI is InChI=1S/C24H36N8O4S2/c1-7-30(11-10-25-37(6,33)34)18-8-9-19(17(2)16-18)26-20-21(24(3,4)5)29-32-22(20)27-28-23(32)31-12-14-38(35,36)15-13-31/h8-9,16,25H,7,10-15H2,1-6H3. The molecule has 0 unspecified atom stereocenters. The lowest BCUT2D eigenvalue weighted by molar-refractivity contribution is 0.582. The highest BCUT2D eigenvalue weighted by Gasteiger charge is 2.37. The molecule has 1 fully saturated rings. The van der Waals surface area contributed by atoms with E-state index in [1.165, 1.54) is 0 Å². The molecule has 0 aliphatic carbocycles. The molecule has 0 saturated carbocycles. The first-order chi connectivity index (χ1) is 17.7. The maximum absolute atomic E-state index is 11.9. The second-order valence-corrected chi connectivity index (χ2v) is 14.8. The third kappa shape index (κ3) is 6.24. The second-order valence-electron chi connectivity index (χ2n) is 10.7. The van der Waals surface area contributed by atoms with Crippen molar-refractivity contribution in [2.24, 2.45) is 15.5 Å². The van der Waals surface area contributed by atoms with Crippen molar-refractivity contribution in [3.05, 3.63) is 29.6 Å². The van der Waals surface area contributed by atoms with Crippen molar-refractivity contribution in [1.29, 1.82) is 0 Å². The van der Waals surface area contributed by atoms with Crippen LogP contribution in [-0.2, 0) is 19.9 Å². The molecule has 0 radical (unpaired) electrons. The Hall–Kier alpha value is -2.84. The number of aromatic nitrogens is 3. The summed E-state index contributed by atoms with van der Waals surface area (Å²) in [6.07, 6.45) is 1.15. The van der Waals surface area contributed by atoms with Gasteiger partial charge in [0.15, 0.2) is 9.84 Å². The number of nitrogens with one attached hydrogen (secondary N) is 1. The summed E-state index contributed by atoms with van der Waals surface area (Å²) in [5, 5.41) is 13.6. The van der Waals surface area contributed by atoms with Crippen LogP contribution in [0.5, 0.6) is 0 Å². The monoisotopic (exact) mass is 564 g/mol. The molecule has 0 atom stereocenters. The first-order valence-electron chi connectivity index (χ1n) is 12.6. The highest BCUT2D eigenvalue weighted by molar-refractivity contribution is 7.91. The van der Waals surface area contributed by atoms with Crippen LogP contribution in [0.3, 0.4) is 0 Å². The number of nitrogens with zero attached hydrogens (tertiary/aromatic N) is 7. The van der Waals surface area contributed by atoms with Crippen LogP contribution >= 0.6 is 0 Å². The van der Waals surface area contributed by atoms with Crippen LogP contribution in [0.15, 0.2) is 28.3 Å². The number of rotatable bonds is 8. The minimum Gasteiger partial charge on any atom is -0.370 e. The van der Waals surface area contributed by atoms with E-state index in [0.717, 1.165) is 35.5 Å². The summed E-state index contributed by atoms with van der Waals surface area (Å²) < 4.78 is 50.8. The molecule has 2 aliphatic rings. The van der Waals surface area contributed by atoms with Crippen LogP contribution in [0.25, 0.3) is 0 Å². The van der Waals surface area contributed by atoms with E-state index in [0.29, 0.717) is 43.7 Å². The Morgan fingerprint density at radius 3 is 2.42 bits per heavy atom. The van der Waals surface area contributed by atoms with E-state index in [4.69, 9.17) is 10.1 Å².